The summed E-state index contributed by atoms with van der Waals surface area (Å²) in [7, 11) is 0. The molecule has 1 heterocycles. The maximum atomic E-state index is 12.5. The molecule has 0 radical (unpaired) electrons. The van der Waals surface area contributed by atoms with E-state index in [1.165, 1.54) is 11.3 Å². The number of nitrogens with zero attached hydrogens (tertiary/aromatic N) is 1. The summed E-state index contributed by atoms with van der Waals surface area (Å²) in [6.07, 6.45) is 2.49. The lowest BCUT2D eigenvalue weighted by Crippen LogP contribution is -2.33. The van der Waals surface area contributed by atoms with Gasteiger partial charge < -0.3 is 14.8 Å². The van der Waals surface area contributed by atoms with Crippen LogP contribution in [0.2, 0.25) is 0 Å². The number of esters is 2. The fourth-order valence-corrected chi connectivity index (χ4v) is 5.32. The predicted molar refractivity (Wildman–Crippen MR) is 144 cm³/mol. The molecule has 1 aliphatic carbocycles. The molecular formula is C28H27N3O6S. The Morgan fingerprint density at radius 3 is 2.42 bits per heavy atom. The normalized spacial score (nSPS) is 12.4. The lowest BCUT2D eigenvalue weighted by Gasteiger charge is -2.08. The van der Waals surface area contributed by atoms with Gasteiger partial charge >= 0.3 is 23.8 Å². The molecule has 0 aliphatic heterocycles. The van der Waals surface area contributed by atoms with Crippen LogP contribution in [-0.4, -0.2) is 36.1 Å². The molecule has 0 saturated carbocycles. The third-order valence-electron chi connectivity index (χ3n) is 6.01. The number of aryl methyl sites for hydroxylation is 2. The highest BCUT2D eigenvalue weighted by Gasteiger charge is 2.29. The van der Waals surface area contributed by atoms with Gasteiger partial charge in [-0.25, -0.2) is 15.0 Å². The van der Waals surface area contributed by atoms with Crippen LogP contribution in [0, 0.1) is 6.92 Å². The Kier molecular flexibility index (Phi) is 8.32. The van der Waals surface area contributed by atoms with Crippen molar-refractivity contribution < 1.29 is 28.7 Å². The summed E-state index contributed by atoms with van der Waals surface area (Å²) in [5.41, 5.74) is 5.84. The van der Waals surface area contributed by atoms with Gasteiger partial charge in [-0.2, -0.15) is 5.10 Å². The van der Waals surface area contributed by atoms with Crippen molar-refractivity contribution in [2.45, 2.75) is 40.0 Å². The fraction of sp³-hybridized carbons (Fsp3) is 0.250. The largest absolute Gasteiger partial charge is 0.462 e. The van der Waals surface area contributed by atoms with E-state index in [1.54, 1.807) is 50.2 Å². The highest BCUT2D eigenvalue weighted by atomic mass is 32.1. The number of thiophene rings is 1. The average Bonchev–Trinajstić information content (AvgIpc) is 3.48. The highest BCUT2D eigenvalue weighted by molar-refractivity contribution is 7.17. The van der Waals surface area contributed by atoms with E-state index in [1.807, 2.05) is 19.1 Å². The number of carbonyl (C=O) groups excluding carboxylic acids is 4. The van der Waals surface area contributed by atoms with Gasteiger partial charge in [-0.1, -0.05) is 18.2 Å². The standard InChI is InChI=1S/C28H27N3O6S/c1-4-36-28(35)23-21-10-7-11-22(21)38-26(23)29-24(32)25(33)31-30-17(3)18-12-14-19(15-13-18)37-27(34)20-9-6-5-8-16(20)2/h5-6,8-9,12-15H,4,7,10-11H2,1-3H3,(H,29,32)(H,31,33)/b30-17+. The summed E-state index contributed by atoms with van der Waals surface area (Å²) in [6, 6.07) is 13.8. The van der Waals surface area contributed by atoms with Crippen molar-refractivity contribution in [3.8, 4) is 5.75 Å². The maximum Gasteiger partial charge on any atom is 0.343 e. The Labute approximate surface area is 223 Å². The Morgan fingerprint density at radius 1 is 0.974 bits per heavy atom. The average molecular weight is 534 g/mol. The zero-order chi connectivity index (χ0) is 27.2. The summed E-state index contributed by atoms with van der Waals surface area (Å²) >= 11 is 1.29. The van der Waals surface area contributed by atoms with E-state index < -0.39 is 23.8 Å². The van der Waals surface area contributed by atoms with Crippen LogP contribution in [0.25, 0.3) is 0 Å². The van der Waals surface area contributed by atoms with Gasteiger partial charge in [0.2, 0.25) is 0 Å². The number of hydrogen-bond donors (Lipinski definition) is 2. The summed E-state index contributed by atoms with van der Waals surface area (Å²) in [5.74, 6) is -2.52. The van der Waals surface area contributed by atoms with Crippen molar-refractivity contribution in [2.75, 3.05) is 11.9 Å². The molecule has 0 atom stereocenters. The first kappa shape index (κ1) is 26.7. The van der Waals surface area contributed by atoms with Gasteiger partial charge in [0, 0.05) is 4.88 Å². The first-order chi connectivity index (χ1) is 18.3. The Morgan fingerprint density at radius 2 is 1.71 bits per heavy atom. The minimum atomic E-state index is -0.975. The zero-order valence-corrected chi connectivity index (χ0v) is 22.1. The van der Waals surface area contributed by atoms with Crippen molar-refractivity contribution in [1.82, 2.24) is 5.43 Å². The van der Waals surface area contributed by atoms with E-state index in [0.29, 0.717) is 33.2 Å². The number of benzene rings is 2. The molecule has 196 valence electrons. The molecular weight excluding hydrogens is 506 g/mol. The lowest BCUT2D eigenvalue weighted by molar-refractivity contribution is -0.136. The van der Waals surface area contributed by atoms with Crippen LogP contribution in [0.3, 0.4) is 0 Å². The van der Waals surface area contributed by atoms with Crippen molar-refractivity contribution >= 4 is 45.8 Å². The van der Waals surface area contributed by atoms with Gasteiger partial charge in [0.25, 0.3) is 0 Å². The molecule has 1 aliphatic rings. The van der Waals surface area contributed by atoms with Crippen LogP contribution < -0.4 is 15.5 Å². The lowest BCUT2D eigenvalue weighted by atomic mass is 10.1. The van der Waals surface area contributed by atoms with E-state index in [-0.39, 0.29) is 6.61 Å². The van der Waals surface area contributed by atoms with Crippen LogP contribution in [-0.2, 0) is 27.2 Å². The van der Waals surface area contributed by atoms with Gasteiger partial charge in [-0.05, 0) is 87.1 Å². The number of hydrazone groups is 1. The number of nitrogens with one attached hydrogen (secondary N) is 2. The van der Waals surface area contributed by atoms with E-state index >= 15 is 0 Å². The topological polar surface area (TPSA) is 123 Å². The molecule has 2 N–H and O–H groups in total. The second-order valence-electron chi connectivity index (χ2n) is 8.60. The van der Waals surface area contributed by atoms with Crippen molar-refractivity contribution in [2.24, 2.45) is 5.10 Å². The molecule has 0 saturated heterocycles. The number of fused-ring (bicyclic) bond motifs is 1. The maximum absolute atomic E-state index is 12.5. The number of hydrogen-bond acceptors (Lipinski definition) is 8. The van der Waals surface area contributed by atoms with E-state index in [2.05, 4.69) is 15.8 Å². The highest BCUT2D eigenvalue weighted by Crippen LogP contribution is 2.39. The van der Waals surface area contributed by atoms with Gasteiger partial charge in [0.1, 0.15) is 10.8 Å². The second kappa shape index (κ2) is 11.8. The quantitative estimate of drug-likeness (QED) is 0.152. The molecule has 0 unspecified atom stereocenters. The minimum Gasteiger partial charge on any atom is -0.462 e. The van der Waals surface area contributed by atoms with E-state index in [4.69, 9.17) is 9.47 Å². The summed E-state index contributed by atoms with van der Waals surface area (Å²) < 4.78 is 10.6. The van der Waals surface area contributed by atoms with Gasteiger partial charge in [-0.3, -0.25) is 9.59 Å². The molecule has 2 amide bonds. The first-order valence-electron chi connectivity index (χ1n) is 12.1. The molecule has 3 aromatic rings. The molecule has 4 rings (SSSR count). The second-order valence-corrected chi connectivity index (χ2v) is 9.71. The molecule has 1 aromatic heterocycles. The SMILES string of the molecule is CCOC(=O)c1c(NC(=O)C(=O)N/N=C(\C)c2ccc(OC(=O)c3ccccc3C)cc2)sc2c1CCC2. The van der Waals surface area contributed by atoms with Gasteiger partial charge in [0.05, 0.1) is 23.4 Å². The first-order valence-corrected chi connectivity index (χ1v) is 13.0. The monoisotopic (exact) mass is 533 g/mol. The number of carbonyl (C=O) groups is 4. The van der Waals surface area contributed by atoms with Crippen LogP contribution in [0.1, 0.15) is 62.6 Å². The predicted octanol–water partition coefficient (Wildman–Crippen LogP) is 4.42. The van der Waals surface area contributed by atoms with Gasteiger partial charge in [-0.15, -0.1) is 11.3 Å². The van der Waals surface area contributed by atoms with Crippen LogP contribution in [0.4, 0.5) is 5.00 Å². The van der Waals surface area contributed by atoms with E-state index in [0.717, 1.165) is 35.3 Å². The van der Waals surface area contributed by atoms with Gasteiger partial charge in [0.15, 0.2) is 0 Å². The molecule has 0 bridgehead atoms. The third-order valence-corrected chi connectivity index (χ3v) is 7.21. The molecule has 0 spiro atoms. The smallest absolute Gasteiger partial charge is 0.343 e. The molecule has 9 nitrogen and oxygen atoms in total. The van der Waals surface area contributed by atoms with Crippen molar-refractivity contribution in [1.29, 1.82) is 0 Å². The zero-order valence-electron chi connectivity index (χ0n) is 21.3. The van der Waals surface area contributed by atoms with Crippen LogP contribution in [0.15, 0.2) is 53.6 Å². The summed E-state index contributed by atoms with van der Waals surface area (Å²) in [4.78, 5) is 50.8. The van der Waals surface area contributed by atoms with Crippen LogP contribution >= 0.6 is 11.3 Å². The Balaban J connectivity index is 1.37. The fourth-order valence-electron chi connectivity index (χ4n) is 4.05. The number of anilines is 1. The van der Waals surface area contributed by atoms with Crippen LogP contribution in [0.5, 0.6) is 5.75 Å². The molecule has 2 aromatic carbocycles. The van der Waals surface area contributed by atoms with E-state index in [9.17, 15) is 19.2 Å². The Hall–Kier alpha value is -4.31. The Bertz CT molecular complexity index is 1420. The summed E-state index contributed by atoms with van der Waals surface area (Å²) in [6.45, 7) is 5.42. The number of ether oxygens (including phenoxy) is 2. The number of rotatable bonds is 7. The molecule has 38 heavy (non-hydrogen) atoms. The molecule has 10 heteroatoms. The number of amides is 2. The molecule has 0 fully saturated rings. The summed E-state index contributed by atoms with van der Waals surface area (Å²) in [5, 5.41) is 6.85. The minimum absolute atomic E-state index is 0.210. The van der Waals surface area contributed by atoms with Crippen molar-refractivity contribution in [3.63, 3.8) is 0 Å². The third kappa shape index (κ3) is 5.97. The van der Waals surface area contributed by atoms with Crippen molar-refractivity contribution in [3.05, 3.63) is 81.2 Å².